The Morgan fingerprint density at radius 3 is 2.62 bits per heavy atom. The van der Waals surface area contributed by atoms with Crippen molar-refractivity contribution < 1.29 is 4.74 Å². The summed E-state index contributed by atoms with van der Waals surface area (Å²) in [5, 5.41) is 8.83. The van der Waals surface area contributed by atoms with Crippen LogP contribution in [0.4, 0.5) is 0 Å². The van der Waals surface area contributed by atoms with Crippen molar-refractivity contribution in [3.8, 4) is 17.6 Å². The van der Waals surface area contributed by atoms with Gasteiger partial charge >= 0.3 is 0 Å². The number of nitrogens with zero attached hydrogens (tertiary/aromatic N) is 2. The molecule has 0 amide bonds. The highest BCUT2D eigenvalue weighted by Crippen LogP contribution is 2.22. The number of rotatable bonds is 2. The van der Waals surface area contributed by atoms with Crippen molar-refractivity contribution in [1.82, 2.24) is 4.98 Å². The lowest BCUT2D eigenvalue weighted by atomic mass is 9.97. The fraction of sp³-hybridized carbons (Fsp3) is 0. The predicted molar refractivity (Wildman–Crippen MR) is 60.9 cm³/mol. The van der Waals surface area contributed by atoms with E-state index in [2.05, 4.69) is 4.98 Å². The molecule has 74 valence electrons. The van der Waals surface area contributed by atoms with E-state index in [0.717, 1.165) is 0 Å². The lowest BCUT2D eigenvalue weighted by Crippen LogP contribution is -1.99. The van der Waals surface area contributed by atoms with Crippen molar-refractivity contribution in [2.45, 2.75) is 0 Å². The van der Waals surface area contributed by atoms with Crippen LogP contribution in [0.3, 0.4) is 0 Å². The zero-order valence-electron chi connectivity index (χ0n) is 8.42. The van der Waals surface area contributed by atoms with Crippen LogP contribution in [-0.4, -0.2) is 12.8 Å². The van der Waals surface area contributed by atoms with Gasteiger partial charge in [0.05, 0.1) is 0 Å². The lowest BCUT2D eigenvalue weighted by Gasteiger charge is -2.06. The molecule has 2 rings (SSSR count). The summed E-state index contributed by atoms with van der Waals surface area (Å²) in [4.78, 5) is 3.90. The van der Waals surface area contributed by atoms with Gasteiger partial charge in [-0.05, 0) is 24.3 Å². The molecule has 1 heterocycles. The zero-order chi connectivity index (χ0) is 11.4. The topological polar surface area (TPSA) is 45.9 Å². The van der Waals surface area contributed by atoms with Gasteiger partial charge in [-0.2, -0.15) is 5.26 Å². The molecule has 16 heavy (non-hydrogen) atoms. The molecule has 0 spiro atoms. The third kappa shape index (κ3) is 2.21. The van der Waals surface area contributed by atoms with Crippen LogP contribution < -0.4 is 10.2 Å². The van der Waals surface area contributed by atoms with Crippen LogP contribution in [0, 0.1) is 11.3 Å². The van der Waals surface area contributed by atoms with Crippen LogP contribution in [0.25, 0.3) is 0 Å². The minimum Gasteiger partial charge on any atom is -0.454 e. The molecular weight excluding hydrogens is 199 g/mol. The maximum Gasteiger partial charge on any atom is 0.183 e. The van der Waals surface area contributed by atoms with E-state index in [9.17, 15) is 0 Å². The minimum atomic E-state index is 0.263. The summed E-state index contributed by atoms with van der Waals surface area (Å²) >= 11 is 0. The first-order chi connectivity index (χ1) is 7.79. The fourth-order valence-corrected chi connectivity index (χ4v) is 1.22. The van der Waals surface area contributed by atoms with Gasteiger partial charge in [0.2, 0.25) is 0 Å². The van der Waals surface area contributed by atoms with E-state index in [0.29, 0.717) is 17.0 Å². The number of hydrogen-bond donors (Lipinski definition) is 0. The quantitative estimate of drug-likeness (QED) is 0.700. The van der Waals surface area contributed by atoms with E-state index in [1.165, 1.54) is 0 Å². The van der Waals surface area contributed by atoms with Crippen LogP contribution in [0.5, 0.6) is 11.5 Å². The molecule has 0 aliphatic rings. The Hall–Kier alpha value is -2.28. The average molecular weight is 206 g/mol. The number of hydrogen-bond acceptors (Lipinski definition) is 3. The zero-order valence-corrected chi connectivity index (χ0v) is 8.42. The average Bonchev–Trinajstić information content (AvgIpc) is 2.33. The van der Waals surface area contributed by atoms with Crippen molar-refractivity contribution in [3.63, 3.8) is 0 Å². The number of nitriles is 1. The van der Waals surface area contributed by atoms with Gasteiger partial charge in [-0.15, -0.1) is 0 Å². The van der Waals surface area contributed by atoms with Crippen LogP contribution in [0.1, 0.15) is 5.69 Å². The molecule has 0 aliphatic heterocycles. The van der Waals surface area contributed by atoms with Crippen LogP contribution in [0.15, 0.2) is 42.6 Å². The van der Waals surface area contributed by atoms with E-state index in [1.807, 2.05) is 6.07 Å². The molecule has 0 atom stereocenters. The monoisotopic (exact) mass is 206 g/mol. The summed E-state index contributed by atoms with van der Waals surface area (Å²) in [6, 6.07) is 12.3. The highest BCUT2D eigenvalue weighted by Gasteiger charge is 2.04. The summed E-state index contributed by atoms with van der Waals surface area (Å²) in [6.45, 7) is 0. The molecule has 1 aromatic carbocycles. The standard InChI is InChI=1S/C12H7BN2O/c13-9-3-5-10(6-4-9)16-12-2-1-7-15-11(12)8-14/h1-7H. The van der Waals surface area contributed by atoms with Gasteiger partial charge < -0.3 is 4.74 Å². The van der Waals surface area contributed by atoms with Gasteiger partial charge in [-0.25, -0.2) is 4.98 Å². The van der Waals surface area contributed by atoms with Crippen molar-refractivity contribution >= 4 is 13.3 Å². The highest BCUT2D eigenvalue weighted by molar-refractivity contribution is 6.32. The predicted octanol–water partition coefficient (Wildman–Crippen LogP) is 1.54. The van der Waals surface area contributed by atoms with E-state index in [-0.39, 0.29) is 5.69 Å². The molecule has 0 fully saturated rings. The first-order valence-corrected chi connectivity index (χ1v) is 4.68. The number of ether oxygens (including phenoxy) is 1. The second kappa shape index (κ2) is 4.50. The molecule has 0 saturated carbocycles. The van der Waals surface area contributed by atoms with Gasteiger partial charge in [-0.3, -0.25) is 0 Å². The number of benzene rings is 1. The Balaban J connectivity index is 2.27. The van der Waals surface area contributed by atoms with Crippen molar-refractivity contribution in [1.29, 1.82) is 5.26 Å². The largest absolute Gasteiger partial charge is 0.454 e. The molecule has 3 nitrogen and oxygen atoms in total. The molecule has 2 aromatic rings. The van der Waals surface area contributed by atoms with Crippen molar-refractivity contribution in [3.05, 3.63) is 48.3 Å². The van der Waals surface area contributed by atoms with Gasteiger partial charge in [0.15, 0.2) is 11.4 Å². The first kappa shape index (κ1) is 10.2. The number of pyridine rings is 1. The Labute approximate surface area is 94.7 Å². The Morgan fingerprint density at radius 2 is 1.94 bits per heavy atom. The van der Waals surface area contributed by atoms with Crippen LogP contribution in [-0.2, 0) is 0 Å². The van der Waals surface area contributed by atoms with Gasteiger partial charge in [0, 0.05) is 6.20 Å². The maximum atomic E-state index is 8.83. The minimum absolute atomic E-state index is 0.263. The molecule has 0 N–H and O–H groups in total. The van der Waals surface area contributed by atoms with E-state index >= 15 is 0 Å². The Bertz CT molecular complexity index is 531. The summed E-state index contributed by atoms with van der Waals surface area (Å²) in [6.07, 6.45) is 1.55. The molecule has 0 bridgehead atoms. The van der Waals surface area contributed by atoms with Crippen LogP contribution in [0.2, 0.25) is 0 Å². The highest BCUT2D eigenvalue weighted by atomic mass is 16.5. The number of aromatic nitrogens is 1. The second-order valence-corrected chi connectivity index (χ2v) is 3.13. The van der Waals surface area contributed by atoms with Crippen molar-refractivity contribution in [2.75, 3.05) is 0 Å². The second-order valence-electron chi connectivity index (χ2n) is 3.13. The van der Waals surface area contributed by atoms with Gasteiger partial charge in [0.1, 0.15) is 19.7 Å². The molecule has 0 unspecified atom stereocenters. The third-order valence-corrected chi connectivity index (χ3v) is 1.98. The normalized spacial score (nSPS) is 9.44. The smallest absolute Gasteiger partial charge is 0.183 e. The Kier molecular flexibility index (Phi) is 2.88. The SMILES string of the molecule is [B]c1ccc(Oc2cccnc2C#N)cc1. The van der Waals surface area contributed by atoms with Gasteiger partial charge in [-0.1, -0.05) is 17.6 Å². The van der Waals surface area contributed by atoms with Crippen LogP contribution >= 0.6 is 0 Å². The molecular formula is C12H7BN2O. The van der Waals surface area contributed by atoms with E-state index < -0.39 is 0 Å². The van der Waals surface area contributed by atoms with E-state index in [4.69, 9.17) is 17.8 Å². The summed E-state index contributed by atoms with van der Waals surface area (Å²) < 4.78 is 5.51. The van der Waals surface area contributed by atoms with E-state index in [1.54, 1.807) is 42.6 Å². The Morgan fingerprint density at radius 1 is 1.19 bits per heavy atom. The molecule has 0 aliphatic carbocycles. The summed E-state index contributed by atoms with van der Waals surface area (Å²) in [5.74, 6) is 1.06. The first-order valence-electron chi connectivity index (χ1n) is 4.68. The maximum absolute atomic E-state index is 8.83. The third-order valence-electron chi connectivity index (χ3n) is 1.98. The summed E-state index contributed by atoms with van der Waals surface area (Å²) in [7, 11) is 5.56. The van der Waals surface area contributed by atoms with Crippen molar-refractivity contribution in [2.24, 2.45) is 0 Å². The molecule has 1 aromatic heterocycles. The lowest BCUT2D eigenvalue weighted by molar-refractivity contribution is 0.478. The van der Waals surface area contributed by atoms with Gasteiger partial charge in [0.25, 0.3) is 0 Å². The molecule has 2 radical (unpaired) electrons. The summed E-state index contributed by atoms with van der Waals surface area (Å²) in [5.41, 5.74) is 0.929. The molecule has 4 heteroatoms. The molecule has 0 saturated heterocycles. The fourth-order valence-electron chi connectivity index (χ4n) is 1.22.